The number of carbonyl (C=O) groups is 1. The monoisotopic (exact) mass is 399 g/mol. The molecular weight excluding hydrogens is 362 g/mol. The van der Waals surface area contributed by atoms with E-state index in [2.05, 4.69) is 30.8 Å². The molecule has 0 heterocycles. The molecule has 1 aliphatic rings. The Labute approximate surface area is 175 Å². The van der Waals surface area contributed by atoms with Crippen LogP contribution in [0.25, 0.3) is 10.8 Å². The largest absolute Gasteiger partial charge is 0.508 e. The van der Waals surface area contributed by atoms with Crippen LogP contribution in [0.2, 0.25) is 0 Å². The van der Waals surface area contributed by atoms with Crippen molar-refractivity contribution in [3.05, 3.63) is 42.0 Å². The number of hydrogen-bond donors (Lipinski definition) is 2. The lowest BCUT2D eigenvalue weighted by atomic mass is 9.72. The third kappa shape index (κ3) is 7.36. The van der Waals surface area contributed by atoms with Gasteiger partial charge in [0.1, 0.15) is 11.8 Å². The predicted molar refractivity (Wildman–Crippen MR) is 120 cm³/mol. The molecule has 0 radical (unpaired) electrons. The summed E-state index contributed by atoms with van der Waals surface area (Å²) < 4.78 is 4.65. The molecular formula is C25H37NO3. The average molecular weight is 400 g/mol. The summed E-state index contributed by atoms with van der Waals surface area (Å²) in [4.78, 5) is 11.3. The van der Waals surface area contributed by atoms with Gasteiger partial charge in [0, 0.05) is 6.54 Å². The molecule has 2 aromatic carbocycles. The number of ether oxygens (including phenoxy) is 1. The van der Waals surface area contributed by atoms with Gasteiger partial charge < -0.3 is 15.2 Å². The van der Waals surface area contributed by atoms with Gasteiger partial charge >= 0.3 is 5.97 Å². The molecule has 0 aliphatic heterocycles. The van der Waals surface area contributed by atoms with Crippen LogP contribution in [-0.4, -0.2) is 24.2 Å². The van der Waals surface area contributed by atoms with Crippen molar-refractivity contribution in [2.24, 2.45) is 11.3 Å². The van der Waals surface area contributed by atoms with E-state index in [1.807, 2.05) is 24.3 Å². The summed E-state index contributed by atoms with van der Waals surface area (Å²) in [6.07, 6.45) is 7.38. The van der Waals surface area contributed by atoms with Crippen LogP contribution >= 0.6 is 0 Å². The molecule has 0 amide bonds. The highest BCUT2D eigenvalue weighted by Gasteiger charge is 2.25. The van der Waals surface area contributed by atoms with Crippen molar-refractivity contribution >= 4 is 16.7 Å². The maximum Gasteiger partial charge on any atom is 0.322 e. The summed E-state index contributed by atoms with van der Waals surface area (Å²) in [6.45, 7) is 9.49. The fourth-order valence-electron chi connectivity index (χ4n) is 3.89. The number of carbonyl (C=O) groups excluding carboxylic acids is 1. The number of aromatic hydroxyl groups is 1. The highest BCUT2D eigenvalue weighted by atomic mass is 16.5. The van der Waals surface area contributed by atoms with E-state index in [0.29, 0.717) is 12.0 Å². The van der Waals surface area contributed by atoms with Gasteiger partial charge in [-0.05, 0) is 65.6 Å². The van der Waals surface area contributed by atoms with Crippen LogP contribution in [0.5, 0.6) is 5.75 Å². The van der Waals surface area contributed by atoms with Crippen molar-refractivity contribution in [2.75, 3.05) is 7.11 Å². The molecule has 4 nitrogen and oxygen atoms in total. The Morgan fingerprint density at radius 1 is 1.10 bits per heavy atom. The smallest absolute Gasteiger partial charge is 0.322 e. The summed E-state index contributed by atoms with van der Waals surface area (Å²) in [5.41, 5.74) is 1.65. The summed E-state index contributed by atoms with van der Waals surface area (Å²) >= 11 is 0. The molecule has 1 fully saturated rings. The van der Waals surface area contributed by atoms with Crippen LogP contribution in [-0.2, 0) is 16.1 Å². The van der Waals surface area contributed by atoms with Gasteiger partial charge in [-0.3, -0.25) is 4.79 Å². The maximum atomic E-state index is 11.3. The molecule has 3 rings (SSSR count). The first-order valence-corrected chi connectivity index (χ1v) is 10.7. The lowest BCUT2D eigenvalue weighted by Crippen LogP contribution is -2.34. The van der Waals surface area contributed by atoms with Gasteiger partial charge in [-0.2, -0.15) is 0 Å². The van der Waals surface area contributed by atoms with E-state index in [1.54, 1.807) is 19.1 Å². The van der Waals surface area contributed by atoms with Crippen LogP contribution in [0.1, 0.15) is 65.4 Å². The van der Waals surface area contributed by atoms with E-state index in [1.165, 1.54) is 39.2 Å². The molecule has 1 aliphatic carbocycles. The van der Waals surface area contributed by atoms with Crippen molar-refractivity contribution in [2.45, 2.75) is 72.4 Å². The maximum absolute atomic E-state index is 11.3. The van der Waals surface area contributed by atoms with Crippen LogP contribution in [0, 0.1) is 11.3 Å². The zero-order valence-electron chi connectivity index (χ0n) is 18.6. The lowest BCUT2D eigenvalue weighted by Gasteiger charge is -2.33. The van der Waals surface area contributed by atoms with Crippen LogP contribution < -0.4 is 5.32 Å². The normalized spacial score (nSPS) is 16.0. The van der Waals surface area contributed by atoms with Crippen LogP contribution in [0.4, 0.5) is 0 Å². The minimum Gasteiger partial charge on any atom is -0.508 e. The molecule has 4 heteroatoms. The van der Waals surface area contributed by atoms with E-state index in [9.17, 15) is 9.90 Å². The number of methoxy groups -OCH3 is 1. The van der Waals surface area contributed by atoms with E-state index < -0.39 is 0 Å². The number of phenols is 1. The molecule has 0 bridgehead atoms. The number of benzene rings is 2. The number of fused-ring (bicyclic) bond motifs is 1. The third-order valence-electron chi connectivity index (χ3n) is 5.89. The van der Waals surface area contributed by atoms with Crippen molar-refractivity contribution in [1.29, 1.82) is 0 Å². The summed E-state index contributed by atoms with van der Waals surface area (Å²) in [7, 11) is 1.38. The van der Waals surface area contributed by atoms with E-state index in [-0.39, 0.29) is 17.8 Å². The Morgan fingerprint density at radius 3 is 2.31 bits per heavy atom. The first kappa shape index (κ1) is 23.2. The second kappa shape index (κ2) is 10.6. The Morgan fingerprint density at radius 2 is 1.72 bits per heavy atom. The van der Waals surface area contributed by atoms with Crippen molar-refractivity contribution < 1.29 is 14.6 Å². The Bertz CT molecular complexity index is 788. The second-order valence-corrected chi connectivity index (χ2v) is 9.19. The summed E-state index contributed by atoms with van der Waals surface area (Å²) in [5, 5.41) is 14.6. The molecule has 29 heavy (non-hydrogen) atoms. The van der Waals surface area contributed by atoms with Gasteiger partial charge in [-0.25, -0.2) is 0 Å². The zero-order chi connectivity index (χ0) is 21.4. The van der Waals surface area contributed by atoms with E-state index in [4.69, 9.17) is 0 Å². The predicted octanol–water partition coefficient (Wildman–Crippen LogP) is 5.81. The third-order valence-corrected chi connectivity index (χ3v) is 5.89. The number of esters is 1. The highest BCUT2D eigenvalue weighted by molar-refractivity contribution is 5.84. The number of rotatable bonds is 4. The molecule has 0 aromatic heterocycles. The van der Waals surface area contributed by atoms with E-state index in [0.717, 1.165) is 22.3 Å². The van der Waals surface area contributed by atoms with Crippen LogP contribution in [0.15, 0.2) is 36.4 Å². The molecule has 0 saturated heterocycles. The van der Waals surface area contributed by atoms with Crippen LogP contribution in [0.3, 0.4) is 0 Å². The Kier molecular flexibility index (Phi) is 8.51. The second-order valence-electron chi connectivity index (χ2n) is 9.19. The van der Waals surface area contributed by atoms with E-state index >= 15 is 0 Å². The minimum atomic E-state index is -0.333. The Hall–Kier alpha value is -2.07. The topological polar surface area (TPSA) is 58.6 Å². The SMILES string of the molecule is CC(C)(C)C1CCCCC1.COC(=O)C(C)NCc1ccc2cc(O)ccc2c1. The quantitative estimate of drug-likeness (QED) is 0.637. The number of hydrogen-bond acceptors (Lipinski definition) is 4. The molecule has 1 atom stereocenters. The number of nitrogens with one attached hydrogen (secondary N) is 1. The molecule has 0 spiro atoms. The molecule has 1 unspecified atom stereocenters. The van der Waals surface area contributed by atoms with Crippen molar-refractivity contribution in [3.63, 3.8) is 0 Å². The van der Waals surface area contributed by atoms with Gasteiger partial charge in [-0.15, -0.1) is 0 Å². The summed E-state index contributed by atoms with van der Waals surface area (Å²) in [6, 6.07) is 10.9. The first-order chi connectivity index (χ1) is 13.7. The molecule has 2 N–H and O–H groups in total. The lowest BCUT2D eigenvalue weighted by molar-refractivity contribution is -0.142. The van der Waals surface area contributed by atoms with Crippen molar-refractivity contribution in [1.82, 2.24) is 5.32 Å². The number of phenolic OH excluding ortho intramolecular Hbond substituents is 1. The standard InChI is InChI=1S/C15H17NO3.C10H20/c1-10(15(18)19-2)16-9-11-3-4-13-8-14(17)6-5-12(13)7-11;1-10(2,3)9-7-5-4-6-8-9/h3-8,10,16-17H,9H2,1-2H3;9H,4-8H2,1-3H3. The van der Waals surface area contributed by atoms with Gasteiger partial charge in [0.15, 0.2) is 0 Å². The van der Waals surface area contributed by atoms with Gasteiger partial charge in [0.05, 0.1) is 7.11 Å². The summed E-state index contributed by atoms with van der Waals surface area (Å²) in [5.74, 6) is 0.990. The first-order valence-electron chi connectivity index (χ1n) is 10.7. The fourth-order valence-corrected chi connectivity index (χ4v) is 3.89. The zero-order valence-corrected chi connectivity index (χ0v) is 18.6. The Balaban J connectivity index is 0.000000253. The van der Waals surface area contributed by atoms with Gasteiger partial charge in [0.2, 0.25) is 0 Å². The van der Waals surface area contributed by atoms with Crippen molar-refractivity contribution in [3.8, 4) is 5.75 Å². The minimum absolute atomic E-state index is 0.262. The van der Waals surface area contributed by atoms with Gasteiger partial charge in [0.25, 0.3) is 0 Å². The van der Waals surface area contributed by atoms with Gasteiger partial charge in [-0.1, -0.05) is 58.2 Å². The highest BCUT2D eigenvalue weighted by Crippen LogP contribution is 2.37. The molecule has 160 valence electrons. The molecule has 2 aromatic rings. The fraction of sp³-hybridized carbons (Fsp3) is 0.560. The average Bonchev–Trinajstić information content (AvgIpc) is 2.71. The molecule has 1 saturated carbocycles.